The van der Waals surface area contributed by atoms with Crippen LogP contribution in [0.2, 0.25) is 0 Å². The molecule has 2 heterocycles. The maximum absolute atomic E-state index is 12.7. The van der Waals surface area contributed by atoms with Gasteiger partial charge in [0.25, 0.3) is 5.91 Å². The molecule has 0 aliphatic carbocycles. The van der Waals surface area contributed by atoms with Gasteiger partial charge in [-0.1, -0.05) is 30.3 Å². The molecule has 4 rings (SSSR count). The Morgan fingerprint density at radius 2 is 2.07 bits per heavy atom. The number of amides is 1. The summed E-state index contributed by atoms with van der Waals surface area (Å²) in [6.07, 6.45) is 1.43. The van der Waals surface area contributed by atoms with Crippen LogP contribution in [-0.2, 0) is 13.0 Å². The fourth-order valence-corrected chi connectivity index (χ4v) is 3.32. The van der Waals surface area contributed by atoms with Crippen LogP contribution in [0.1, 0.15) is 52.6 Å². The first-order valence-corrected chi connectivity index (χ1v) is 9.71. The number of ether oxygens (including phenoxy) is 2. The van der Waals surface area contributed by atoms with E-state index in [-0.39, 0.29) is 18.6 Å². The van der Waals surface area contributed by atoms with Crippen molar-refractivity contribution in [1.82, 2.24) is 15.5 Å². The minimum absolute atomic E-state index is 0.0620. The van der Waals surface area contributed by atoms with Gasteiger partial charge in [-0.05, 0) is 36.8 Å². The molecule has 3 aromatic rings. The van der Waals surface area contributed by atoms with Crippen molar-refractivity contribution in [3.05, 3.63) is 70.9 Å². The highest BCUT2D eigenvalue weighted by atomic mass is 16.5. The van der Waals surface area contributed by atoms with Crippen LogP contribution in [-0.4, -0.2) is 22.7 Å². The number of hydrogen-bond donors (Lipinski definition) is 1. The zero-order chi connectivity index (χ0) is 20.2. The minimum atomic E-state index is -0.123. The first kappa shape index (κ1) is 19.0. The lowest BCUT2D eigenvalue weighted by Gasteiger charge is -2.27. The average molecular weight is 393 g/mol. The number of rotatable bonds is 6. The molecule has 29 heavy (non-hydrogen) atoms. The molecule has 0 saturated heterocycles. The number of nitrogens with zero attached hydrogens (tertiary/aromatic N) is 2. The summed E-state index contributed by atoms with van der Waals surface area (Å²) in [6, 6.07) is 13.0. The summed E-state index contributed by atoms with van der Waals surface area (Å²) in [6.45, 7) is 4.76. The van der Waals surface area contributed by atoms with Crippen molar-refractivity contribution >= 4 is 5.91 Å². The maximum Gasteiger partial charge on any atom is 0.251 e. The molecule has 1 N–H and O–H groups in total. The smallest absolute Gasteiger partial charge is 0.251 e. The highest BCUT2D eigenvalue weighted by Gasteiger charge is 2.24. The standard InChI is InChI=1S/C22H23N3O4/c1-3-20-24-19(25-29-20)13-28-16-9-7-15(8-10-16)22(26)23-18-11-12-27-21-14(2)5-4-6-17(18)21/h4-10,18H,3,11-13H2,1-2H3,(H,23,26)/t18-/m1/s1. The molecule has 7 heteroatoms. The molecule has 1 aromatic heterocycles. The predicted octanol–water partition coefficient (Wildman–Crippen LogP) is 3.77. The Hall–Kier alpha value is -3.35. The van der Waals surface area contributed by atoms with Gasteiger partial charge in [-0.3, -0.25) is 4.79 Å². The van der Waals surface area contributed by atoms with E-state index in [1.807, 2.05) is 32.0 Å². The molecule has 0 saturated carbocycles. The van der Waals surface area contributed by atoms with Gasteiger partial charge in [0.1, 0.15) is 11.5 Å². The molecular formula is C22H23N3O4. The van der Waals surface area contributed by atoms with E-state index in [1.54, 1.807) is 24.3 Å². The zero-order valence-electron chi connectivity index (χ0n) is 16.5. The monoisotopic (exact) mass is 393 g/mol. The zero-order valence-corrected chi connectivity index (χ0v) is 16.5. The second kappa shape index (κ2) is 8.34. The van der Waals surface area contributed by atoms with Crippen molar-refractivity contribution in [3.8, 4) is 11.5 Å². The molecule has 0 spiro atoms. The van der Waals surface area contributed by atoms with Gasteiger partial charge < -0.3 is 19.3 Å². The molecular weight excluding hydrogens is 370 g/mol. The first-order valence-electron chi connectivity index (χ1n) is 9.71. The van der Waals surface area contributed by atoms with Gasteiger partial charge in [-0.25, -0.2) is 0 Å². The molecule has 0 bridgehead atoms. The number of carbonyl (C=O) groups is 1. The Morgan fingerprint density at radius 3 is 2.83 bits per heavy atom. The van der Waals surface area contributed by atoms with Crippen LogP contribution in [0.4, 0.5) is 0 Å². The number of hydrogen-bond acceptors (Lipinski definition) is 6. The normalized spacial score (nSPS) is 15.3. The average Bonchev–Trinajstić information content (AvgIpc) is 3.21. The van der Waals surface area contributed by atoms with Crippen LogP contribution in [0.15, 0.2) is 47.0 Å². The van der Waals surface area contributed by atoms with Gasteiger partial charge >= 0.3 is 0 Å². The number of benzene rings is 2. The van der Waals surface area contributed by atoms with E-state index in [1.165, 1.54) is 0 Å². The minimum Gasteiger partial charge on any atom is -0.493 e. The number of aryl methyl sites for hydroxylation is 2. The summed E-state index contributed by atoms with van der Waals surface area (Å²) in [7, 11) is 0. The van der Waals surface area contributed by atoms with E-state index in [0.717, 1.165) is 23.3 Å². The molecule has 7 nitrogen and oxygen atoms in total. The van der Waals surface area contributed by atoms with Crippen molar-refractivity contribution in [2.45, 2.75) is 39.3 Å². The molecule has 0 radical (unpaired) electrons. The summed E-state index contributed by atoms with van der Waals surface area (Å²) >= 11 is 0. The third-order valence-corrected chi connectivity index (χ3v) is 4.87. The summed E-state index contributed by atoms with van der Waals surface area (Å²) in [5.41, 5.74) is 2.68. The van der Waals surface area contributed by atoms with Gasteiger partial charge in [0.05, 0.1) is 12.6 Å². The van der Waals surface area contributed by atoms with Gasteiger partial charge in [-0.15, -0.1) is 0 Å². The van der Waals surface area contributed by atoms with Crippen molar-refractivity contribution in [2.24, 2.45) is 0 Å². The largest absolute Gasteiger partial charge is 0.493 e. The summed E-state index contributed by atoms with van der Waals surface area (Å²) in [4.78, 5) is 16.9. The maximum atomic E-state index is 12.7. The summed E-state index contributed by atoms with van der Waals surface area (Å²) in [5.74, 6) is 2.47. The van der Waals surface area contributed by atoms with Crippen LogP contribution < -0.4 is 14.8 Å². The van der Waals surface area contributed by atoms with E-state index in [4.69, 9.17) is 14.0 Å². The molecule has 0 fully saturated rings. The van der Waals surface area contributed by atoms with E-state index in [2.05, 4.69) is 15.5 Å². The Bertz CT molecular complexity index is 998. The second-order valence-electron chi connectivity index (χ2n) is 6.93. The number of carbonyl (C=O) groups excluding carboxylic acids is 1. The van der Waals surface area contributed by atoms with Crippen molar-refractivity contribution in [2.75, 3.05) is 6.61 Å². The Kier molecular flexibility index (Phi) is 5.46. The van der Waals surface area contributed by atoms with Gasteiger partial charge in [0.15, 0.2) is 6.61 Å². The molecule has 0 unspecified atom stereocenters. The molecule has 1 aliphatic heterocycles. The second-order valence-corrected chi connectivity index (χ2v) is 6.93. The van der Waals surface area contributed by atoms with Crippen LogP contribution in [0.5, 0.6) is 11.5 Å². The van der Waals surface area contributed by atoms with Gasteiger partial charge in [0.2, 0.25) is 11.7 Å². The van der Waals surface area contributed by atoms with Crippen LogP contribution in [0.25, 0.3) is 0 Å². The lowest BCUT2D eigenvalue weighted by Crippen LogP contribution is -2.32. The molecule has 1 atom stereocenters. The van der Waals surface area contributed by atoms with Crippen LogP contribution >= 0.6 is 0 Å². The fraction of sp³-hybridized carbons (Fsp3) is 0.318. The third kappa shape index (κ3) is 4.23. The molecule has 2 aromatic carbocycles. The quantitative estimate of drug-likeness (QED) is 0.686. The number of para-hydroxylation sites is 1. The van der Waals surface area contributed by atoms with E-state index in [9.17, 15) is 4.79 Å². The van der Waals surface area contributed by atoms with Gasteiger partial charge in [0, 0.05) is 24.0 Å². The summed E-state index contributed by atoms with van der Waals surface area (Å²) < 4.78 is 16.5. The summed E-state index contributed by atoms with van der Waals surface area (Å²) in [5, 5.41) is 6.96. The third-order valence-electron chi connectivity index (χ3n) is 4.87. The highest BCUT2D eigenvalue weighted by Crippen LogP contribution is 2.34. The predicted molar refractivity (Wildman–Crippen MR) is 106 cm³/mol. The molecule has 1 amide bonds. The SMILES string of the molecule is CCc1nc(COc2ccc(C(=O)N[C@@H]3CCOc4c(C)cccc43)cc2)no1. The lowest BCUT2D eigenvalue weighted by molar-refractivity contribution is 0.0924. The Morgan fingerprint density at radius 1 is 1.24 bits per heavy atom. The number of nitrogens with one attached hydrogen (secondary N) is 1. The van der Waals surface area contributed by atoms with Crippen molar-refractivity contribution < 1.29 is 18.8 Å². The topological polar surface area (TPSA) is 86.5 Å². The highest BCUT2D eigenvalue weighted by molar-refractivity contribution is 5.94. The van der Waals surface area contributed by atoms with Crippen molar-refractivity contribution in [1.29, 1.82) is 0 Å². The number of fused-ring (bicyclic) bond motifs is 1. The van der Waals surface area contributed by atoms with Gasteiger partial charge in [-0.2, -0.15) is 4.98 Å². The van der Waals surface area contributed by atoms with E-state index < -0.39 is 0 Å². The van der Waals surface area contributed by atoms with E-state index >= 15 is 0 Å². The van der Waals surface area contributed by atoms with Crippen LogP contribution in [0.3, 0.4) is 0 Å². The lowest BCUT2D eigenvalue weighted by atomic mass is 9.97. The molecule has 1 aliphatic rings. The Balaban J connectivity index is 1.38. The van der Waals surface area contributed by atoms with E-state index in [0.29, 0.717) is 36.1 Å². The molecule has 150 valence electrons. The number of aromatic nitrogens is 2. The Labute approximate surface area is 169 Å². The fourth-order valence-electron chi connectivity index (χ4n) is 3.32. The van der Waals surface area contributed by atoms with Crippen molar-refractivity contribution in [3.63, 3.8) is 0 Å². The van der Waals surface area contributed by atoms with Crippen LogP contribution in [0, 0.1) is 6.92 Å². The first-order chi connectivity index (χ1) is 14.1.